The van der Waals surface area contributed by atoms with E-state index in [1.165, 1.54) is 17.2 Å². The summed E-state index contributed by atoms with van der Waals surface area (Å²) in [6.07, 6.45) is 3.39. The maximum absolute atomic E-state index is 13.4. The number of nitrogens with one attached hydrogen (secondary N) is 1. The maximum Gasteiger partial charge on any atom is 0.335 e. The third kappa shape index (κ3) is 7.27. The Hall–Kier alpha value is -3.86. The number of barbiturate groups is 1. The fourth-order valence-electron chi connectivity index (χ4n) is 4.21. The number of aryl methyl sites for hydroxylation is 2. The molecule has 4 amide bonds. The molecule has 9 heteroatoms. The summed E-state index contributed by atoms with van der Waals surface area (Å²) in [5.41, 5.74) is 4.15. The lowest BCUT2D eigenvalue weighted by Crippen LogP contribution is -2.54. The summed E-state index contributed by atoms with van der Waals surface area (Å²) in [6.45, 7) is 9.41. The standard InChI is InChI=1S/C32H33IN2O6/c1-5-7-14-40-25-12-10-24(11-13-25)35-31(37)26(30(36)34-32(35)38)16-23-17-27(33)29(28(18-23)39-6-2)41-19-22-9-8-20(3)21(4)15-22/h8-13,15-18H,5-7,14,19H2,1-4H3,(H,34,36,38)/b26-16-. The number of ether oxygens (including phenoxy) is 3. The van der Waals surface area contributed by atoms with Crippen molar-refractivity contribution in [2.45, 2.75) is 47.1 Å². The van der Waals surface area contributed by atoms with Crippen LogP contribution < -0.4 is 24.4 Å². The van der Waals surface area contributed by atoms with E-state index in [9.17, 15) is 14.4 Å². The Balaban J connectivity index is 1.59. The minimum absolute atomic E-state index is 0.171. The molecule has 0 radical (unpaired) electrons. The van der Waals surface area contributed by atoms with Gasteiger partial charge in [0.1, 0.15) is 17.9 Å². The molecule has 1 aliphatic heterocycles. The number of unbranched alkanes of at least 4 members (excludes halogenated alkanes) is 1. The number of anilines is 1. The van der Waals surface area contributed by atoms with Gasteiger partial charge in [0.2, 0.25) is 0 Å². The third-order valence-electron chi connectivity index (χ3n) is 6.56. The number of imide groups is 2. The van der Waals surface area contributed by atoms with Crippen molar-refractivity contribution in [1.82, 2.24) is 5.32 Å². The number of halogens is 1. The topological polar surface area (TPSA) is 94.2 Å². The molecule has 0 bridgehead atoms. The molecule has 1 fully saturated rings. The Morgan fingerprint density at radius 2 is 1.66 bits per heavy atom. The van der Waals surface area contributed by atoms with Gasteiger partial charge in [-0.3, -0.25) is 14.9 Å². The van der Waals surface area contributed by atoms with E-state index in [0.29, 0.717) is 48.3 Å². The average molecular weight is 669 g/mol. The van der Waals surface area contributed by atoms with Gasteiger partial charge in [0.05, 0.1) is 22.5 Å². The Labute approximate surface area is 253 Å². The van der Waals surface area contributed by atoms with Crippen molar-refractivity contribution in [3.05, 3.63) is 86.0 Å². The summed E-state index contributed by atoms with van der Waals surface area (Å²) in [4.78, 5) is 39.7. The van der Waals surface area contributed by atoms with Crippen molar-refractivity contribution in [3.8, 4) is 17.2 Å². The normalized spacial score (nSPS) is 14.3. The van der Waals surface area contributed by atoms with Gasteiger partial charge in [-0.05, 0) is 115 Å². The minimum Gasteiger partial charge on any atom is -0.494 e. The highest BCUT2D eigenvalue weighted by molar-refractivity contribution is 14.1. The van der Waals surface area contributed by atoms with Crippen LogP contribution in [-0.4, -0.2) is 31.1 Å². The SMILES string of the molecule is CCCCOc1ccc(N2C(=O)NC(=O)/C(=C/c3cc(I)c(OCc4ccc(C)c(C)c4)c(OCC)c3)C2=O)cc1. The summed E-state index contributed by atoms with van der Waals surface area (Å²) in [5, 5.41) is 2.27. The first kappa shape index (κ1) is 30.1. The van der Waals surface area contributed by atoms with Crippen LogP contribution in [0.1, 0.15) is 48.9 Å². The van der Waals surface area contributed by atoms with Crippen molar-refractivity contribution in [1.29, 1.82) is 0 Å². The van der Waals surface area contributed by atoms with E-state index in [1.54, 1.807) is 36.4 Å². The number of rotatable bonds is 11. The molecule has 1 N–H and O–H groups in total. The van der Waals surface area contributed by atoms with E-state index in [-0.39, 0.29) is 5.57 Å². The Kier molecular flexibility index (Phi) is 10.0. The molecule has 0 aliphatic carbocycles. The second-order valence-corrected chi connectivity index (χ2v) is 10.8. The monoisotopic (exact) mass is 668 g/mol. The summed E-state index contributed by atoms with van der Waals surface area (Å²) >= 11 is 2.15. The Morgan fingerprint density at radius 3 is 2.34 bits per heavy atom. The van der Waals surface area contributed by atoms with Gasteiger partial charge >= 0.3 is 6.03 Å². The van der Waals surface area contributed by atoms with Gasteiger partial charge in [0.15, 0.2) is 11.5 Å². The van der Waals surface area contributed by atoms with Crippen LogP contribution in [0.4, 0.5) is 10.5 Å². The van der Waals surface area contributed by atoms with Crippen LogP contribution in [0, 0.1) is 17.4 Å². The van der Waals surface area contributed by atoms with Gasteiger partial charge in [0, 0.05) is 0 Å². The smallest absolute Gasteiger partial charge is 0.335 e. The van der Waals surface area contributed by atoms with E-state index in [1.807, 2.05) is 13.0 Å². The van der Waals surface area contributed by atoms with Crippen molar-refractivity contribution in [3.63, 3.8) is 0 Å². The van der Waals surface area contributed by atoms with Crippen LogP contribution in [0.2, 0.25) is 0 Å². The molecule has 8 nitrogen and oxygen atoms in total. The highest BCUT2D eigenvalue weighted by Gasteiger charge is 2.37. The quantitative estimate of drug-likeness (QED) is 0.105. The molecular formula is C32H33IN2O6. The Morgan fingerprint density at radius 1 is 0.902 bits per heavy atom. The van der Waals surface area contributed by atoms with E-state index in [0.717, 1.165) is 26.9 Å². The highest BCUT2D eigenvalue weighted by atomic mass is 127. The van der Waals surface area contributed by atoms with E-state index >= 15 is 0 Å². The van der Waals surface area contributed by atoms with Crippen molar-refractivity contribution >= 4 is 52.2 Å². The molecule has 1 heterocycles. The number of amides is 4. The van der Waals surface area contributed by atoms with Crippen LogP contribution in [-0.2, 0) is 16.2 Å². The molecular weight excluding hydrogens is 635 g/mol. The van der Waals surface area contributed by atoms with Gasteiger partial charge in [-0.25, -0.2) is 9.69 Å². The number of carbonyl (C=O) groups is 3. The molecule has 1 saturated heterocycles. The first-order chi connectivity index (χ1) is 19.7. The van der Waals surface area contributed by atoms with E-state index < -0.39 is 17.8 Å². The van der Waals surface area contributed by atoms with Gasteiger partial charge in [-0.1, -0.05) is 31.5 Å². The first-order valence-corrected chi connectivity index (χ1v) is 14.6. The van der Waals surface area contributed by atoms with Gasteiger partial charge in [-0.2, -0.15) is 0 Å². The van der Waals surface area contributed by atoms with Gasteiger partial charge < -0.3 is 14.2 Å². The van der Waals surface area contributed by atoms with Crippen LogP contribution in [0.15, 0.2) is 60.2 Å². The lowest BCUT2D eigenvalue weighted by Gasteiger charge is -2.26. The van der Waals surface area contributed by atoms with Crippen LogP contribution in [0.3, 0.4) is 0 Å². The predicted molar refractivity (Wildman–Crippen MR) is 166 cm³/mol. The lowest BCUT2D eigenvalue weighted by atomic mass is 10.1. The number of benzene rings is 3. The average Bonchev–Trinajstić information content (AvgIpc) is 2.93. The van der Waals surface area contributed by atoms with Crippen molar-refractivity contribution < 1.29 is 28.6 Å². The fourth-order valence-corrected chi connectivity index (χ4v) is 4.99. The van der Waals surface area contributed by atoms with Gasteiger partial charge in [0.25, 0.3) is 11.8 Å². The molecule has 0 atom stereocenters. The zero-order valence-electron chi connectivity index (χ0n) is 23.6. The second kappa shape index (κ2) is 13.7. The molecule has 3 aromatic carbocycles. The minimum atomic E-state index is -0.809. The lowest BCUT2D eigenvalue weighted by molar-refractivity contribution is -0.122. The number of urea groups is 1. The molecule has 0 spiro atoms. The molecule has 4 rings (SSSR count). The molecule has 3 aromatic rings. The predicted octanol–water partition coefficient (Wildman–Crippen LogP) is 6.73. The molecule has 0 aromatic heterocycles. The number of hydrogen-bond donors (Lipinski definition) is 1. The summed E-state index contributed by atoms with van der Waals surface area (Å²) in [7, 11) is 0. The summed E-state index contributed by atoms with van der Waals surface area (Å²) in [6, 6.07) is 15.5. The molecule has 0 saturated carbocycles. The van der Waals surface area contributed by atoms with Crippen LogP contribution in [0.5, 0.6) is 17.2 Å². The number of nitrogens with zero attached hydrogens (tertiary/aromatic N) is 1. The van der Waals surface area contributed by atoms with E-state index in [4.69, 9.17) is 14.2 Å². The maximum atomic E-state index is 13.4. The molecule has 0 unspecified atom stereocenters. The second-order valence-electron chi connectivity index (χ2n) is 9.62. The highest BCUT2D eigenvalue weighted by Crippen LogP contribution is 2.36. The summed E-state index contributed by atoms with van der Waals surface area (Å²) < 4.78 is 18.4. The molecule has 1 aliphatic rings. The van der Waals surface area contributed by atoms with Crippen LogP contribution >= 0.6 is 22.6 Å². The molecule has 214 valence electrons. The van der Waals surface area contributed by atoms with Crippen LogP contribution in [0.25, 0.3) is 6.08 Å². The largest absolute Gasteiger partial charge is 0.494 e. The zero-order chi connectivity index (χ0) is 29.5. The zero-order valence-corrected chi connectivity index (χ0v) is 25.7. The molecule has 41 heavy (non-hydrogen) atoms. The number of carbonyl (C=O) groups excluding carboxylic acids is 3. The third-order valence-corrected chi connectivity index (χ3v) is 7.36. The Bertz CT molecular complexity index is 1480. The van der Waals surface area contributed by atoms with E-state index in [2.05, 4.69) is 60.8 Å². The van der Waals surface area contributed by atoms with Gasteiger partial charge in [-0.15, -0.1) is 0 Å². The fraction of sp³-hybridized carbons (Fsp3) is 0.281. The first-order valence-electron chi connectivity index (χ1n) is 13.5. The van der Waals surface area contributed by atoms with Crippen molar-refractivity contribution in [2.24, 2.45) is 0 Å². The summed E-state index contributed by atoms with van der Waals surface area (Å²) in [5.74, 6) is 0.215. The van der Waals surface area contributed by atoms with Crippen molar-refractivity contribution in [2.75, 3.05) is 18.1 Å². The number of hydrogen-bond acceptors (Lipinski definition) is 6.